The summed E-state index contributed by atoms with van der Waals surface area (Å²) in [5.74, 6) is 0. The Morgan fingerprint density at radius 2 is 2.06 bits per heavy atom. The highest BCUT2D eigenvalue weighted by atomic mass is 15.2. The second-order valence-electron chi connectivity index (χ2n) is 4.38. The van der Waals surface area contributed by atoms with E-state index in [9.17, 15) is 0 Å². The van der Waals surface area contributed by atoms with E-state index in [2.05, 4.69) is 28.1 Å². The molecule has 0 saturated carbocycles. The Labute approximate surface area is 108 Å². The predicted octanol–water partition coefficient (Wildman–Crippen LogP) is 2.19. The number of aromatic nitrogens is 2. The Balaban J connectivity index is 2.36. The first-order valence-electron chi connectivity index (χ1n) is 6.52. The lowest BCUT2D eigenvalue weighted by Gasteiger charge is -2.24. The van der Waals surface area contributed by atoms with Crippen molar-refractivity contribution < 1.29 is 0 Å². The van der Waals surface area contributed by atoms with Gasteiger partial charge in [-0.3, -0.25) is 0 Å². The molecule has 2 N–H and O–H groups in total. The van der Waals surface area contributed by atoms with Gasteiger partial charge < -0.3 is 10.6 Å². The molecule has 1 aromatic carbocycles. The average Bonchev–Trinajstić information content (AvgIpc) is 2.43. The highest BCUT2D eigenvalue weighted by Gasteiger charge is 2.09. The van der Waals surface area contributed by atoms with Gasteiger partial charge in [0.25, 0.3) is 0 Å². The zero-order valence-corrected chi connectivity index (χ0v) is 10.8. The minimum absolute atomic E-state index is 0.719. The van der Waals surface area contributed by atoms with E-state index in [0.717, 1.165) is 49.1 Å². The Bertz CT molecular complexity index is 493. The summed E-state index contributed by atoms with van der Waals surface area (Å²) in [5, 5.41) is 9.43. The molecule has 4 heteroatoms. The Kier molecular flexibility index (Phi) is 4.47. The maximum Gasteiger partial charge on any atom is 0.0950 e. The van der Waals surface area contributed by atoms with Gasteiger partial charge in [-0.25, -0.2) is 0 Å². The number of hydrogen-bond acceptors (Lipinski definition) is 4. The molecule has 0 unspecified atom stereocenters. The van der Waals surface area contributed by atoms with Gasteiger partial charge in [-0.05, 0) is 25.5 Å². The van der Waals surface area contributed by atoms with Gasteiger partial charge in [-0.15, -0.1) is 0 Å². The van der Waals surface area contributed by atoms with Crippen molar-refractivity contribution in [3.05, 3.63) is 30.5 Å². The molecule has 18 heavy (non-hydrogen) atoms. The number of anilines is 1. The summed E-state index contributed by atoms with van der Waals surface area (Å²) < 4.78 is 0. The van der Waals surface area contributed by atoms with Crippen LogP contribution >= 0.6 is 0 Å². The molecule has 0 amide bonds. The number of rotatable bonds is 6. The van der Waals surface area contributed by atoms with Crippen LogP contribution in [0.25, 0.3) is 10.9 Å². The van der Waals surface area contributed by atoms with Crippen molar-refractivity contribution in [1.82, 2.24) is 10.2 Å². The largest absolute Gasteiger partial charge is 0.370 e. The summed E-state index contributed by atoms with van der Waals surface area (Å²) in [6.07, 6.45) is 3.96. The minimum Gasteiger partial charge on any atom is -0.370 e. The number of hydrogen-bond donors (Lipinski definition) is 1. The van der Waals surface area contributed by atoms with Crippen LogP contribution in [0.2, 0.25) is 0 Å². The fraction of sp³-hybridized carbons (Fsp3) is 0.429. The Morgan fingerprint density at radius 3 is 2.83 bits per heavy atom. The van der Waals surface area contributed by atoms with Crippen LogP contribution in [0.4, 0.5) is 5.69 Å². The molecule has 0 spiro atoms. The number of nitrogens with two attached hydrogens (primary N) is 1. The highest BCUT2D eigenvalue weighted by molar-refractivity contribution is 5.90. The van der Waals surface area contributed by atoms with Crippen molar-refractivity contribution in [2.75, 3.05) is 24.5 Å². The van der Waals surface area contributed by atoms with Crippen LogP contribution in [-0.4, -0.2) is 29.8 Å². The van der Waals surface area contributed by atoms with Gasteiger partial charge >= 0.3 is 0 Å². The van der Waals surface area contributed by atoms with Crippen LogP contribution in [0.1, 0.15) is 19.8 Å². The molecule has 0 aliphatic heterocycles. The Hall–Kier alpha value is -1.68. The van der Waals surface area contributed by atoms with E-state index in [1.54, 1.807) is 0 Å². The fourth-order valence-electron chi connectivity index (χ4n) is 2.15. The predicted molar refractivity (Wildman–Crippen MR) is 75.7 cm³/mol. The molecule has 0 radical (unpaired) electrons. The molecule has 0 aliphatic rings. The lowest BCUT2D eigenvalue weighted by atomic mass is 10.2. The zero-order valence-electron chi connectivity index (χ0n) is 10.8. The smallest absolute Gasteiger partial charge is 0.0950 e. The van der Waals surface area contributed by atoms with Gasteiger partial charge in [0.2, 0.25) is 0 Å². The second kappa shape index (κ2) is 6.31. The lowest BCUT2D eigenvalue weighted by Crippen LogP contribution is -2.27. The first-order chi connectivity index (χ1) is 8.86. The van der Waals surface area contributed by atoms with Crippen LogP contribution in [0.3, 0.4) is 0 Å². The molecule has 4 nitrogen and oxygen atoms in total. The topological polar surface area (TPSA) is 55.0 Å². The van der Waals surface area contributed by atoms with Gasteiger partial charge in [0.15, 0.2) is 0 Å². The van der Waals surface area contributed by atoms with Gasteiger partial charge in [-0.2, -0.15) is 10.2 Å². The molecular formula is C14H20N4. The summed E-state index contributed by atoms with van der Waals surface area (Å²) in [5.41, 5.74) is 7.72. The Morgan fingerprint density at radius 1 is 1.22 bits per heavy atom. The summed E-state index contributed by atoms with van der Waals surface area (Å²) >= 11 is 0. The molecule has 1 heterocycles. The SMILES string of the molecule is CCCN(CCCN)c1cnnc2ccccc12. The molecule has 0 saturated heterocycles. The summed E-state index contributed by atoms with van der Waals surface area (Å²) in [7, 11) is 0. The standard InChI is InChI=1S/C14H20N4/c1-2-9-18(10-5-8-15)14-11-16-17-13-7-4-3-6-12(13)14/h3-4,6-7,11H,2,5,8-10,15H2,1H3. The normalized spacial score (nSPS) is 10.8. The highest BCUT2D eigenvalue weighted by Crippen LogP contribution is 2.24. The first kappa shape index (κ1) is 12.8. The molecule has 0 bridgehead atoms. The van der Waals surface area contributed by atoms with Crippen molar-refractivity contribution >= 4 is 16.6 Å². The van der Waals surface area contributed by atoms with Crippen LogP contribution in [0.5, 0.6) is 0 Å². The van der Waals surface area contributed by atoms with E-state index in [4.69, 9.17) is 5.73 Å². The number of benzene rings is 1. The molecule has 96 valence electrons. The van der Waals surface area contributed by atoms with Crippen molar-refractivity contribution in [2.45, 2.75) is 19.8 Å². The minimum atomic E-state index is 0.719. The van der Waals surface area contributed by atoms with Crippen LogP contribution in [-0.2, 0) is 0 Å². The summed E-state index contributed by atoms with van der Waals surface area (Å²) in [4.78, 5) is 2.35. The summed E-state index contributed by atoms with van der Waals surface area (Å²) in [6.45, 7) is 4.90. The van der Waals surface area contributed by atoms with Gasteiger partial charge in [0.05, 0.1) is 17.4 Å². The van der Waals surface area contributed by atoms with Gasteiger partial charge in [-0.1, -0.05) is 25.1 Å². The van der Waals surface area contributed by atoms with Crippen molar-refractivity contribution in [3.63, 3.8) is 0 Å². The lowest BCUT2D eigenvalue weighted by molar-refractivity contribution is 0.720. The molecule has 2 aromatic rings. The van der Waals surface area contributed by atoms with E-state index >= 15 is 0 Å². The third-order valence-electron chi connectivity index (χ3n) is 2.99. The number of fused-ring (bicyclic) bond motifs is 1. The molecular weight excluding hydrogens is 224 g/mol. The molecule has 0 aliphatic carbocycles. The van der Waals surface area contributed by atoms with Crippen molar-refractivity contribution in [1.29, 1.82) is 0 Å². The van der Waals surface area contributed by atoms with E-state index in [0.29, 0.717) is 0 Å². The third-order valence-corrected chi connectivity index (χ3v) is 2.99. The van der Waals surface area contributed by atoms with E-state index in [-0.39, 0.29) is 0 Å². The van der Waals surface area contributed by atoms with Crippen molar-refractivity contribution in [3.8, 4) is 0 Å². The van der Waals surface area contributed by atoms with Gasteiger partial charge in [0, 0.05) is 18.5 Å². The molecule has 1 aromatic heterocycles. The van der Waals surface area contributed by atoms with Crippen LogP contribution in [0.15, 0.2) is 30.5 Å². The quantitative estimate of drug-likeness (QED) is 0.846. The average molecular weight is 244 g/mol. The number of nitrogens with zero attached hydrogens (tertiary/aromatic N) is 3. The fourth-order valence-corrected chi connectivity index (χ4v) is 2.15. The molecule has 0 fully saturated rings. The van der Waals surface area contributed by atoms with E-state index < -0.39 is 0 Å². The maximum absolute atomic E-state index is 5.61. The van der Waals surface area contributed by atoms with Crippen LogP contribution < -0.4 is 10.6 Å². The van der Waals surface area contributed by atoms with E-state index in [1.165, 1.54) is 0 Å². The monoisotopic (exact) mass is 244 g/mol. The first-order valence-corrected chi connectivity index (χ1v) is 6.52. The molecule has 0 atom stereocenters. The van der Waals surface area contributed by atoms with E-state index in [1.807, 2.05) is 24.4 Å². The maximum atomic E-state index is 5.61. The van der Waals surface area contributed by atoms with Crippen LogP contribution in [0, 0.1) is 0 Å². The van der Waals surface area contributed by atoms with Gasteiger partial charge in [0.1, 0.15) is 0 Å². The second-order valence-corrected chi connectivity index (χ2v) is 4.38. The molecule has 2 rings (SSSR count). The third kappa shape index (κ3) is 2.76. The zero-order chi connectivity index (χ0) is 12.8. The summed E-state index contributed by atoms with van der Waals surface area (Å²) in [6, 6.07) is 8.13. The van der Waals surface area contributed by atoms with Crippen molar-refractivity contribution in [2.24, 2.45) is 5.73 Å².